The molecule has 0 aliphatic heterocycles. The Hall–Kier alpha value is -2.25. The smallest absolute Gasteiger partial charge is 0.239 e. The topological polar surface area (TPSA) is 78.0 Å². The van der Waals surface area contributed by atoms with Gasteiger partial charge in [-0.3, -0.25) is 4.98 Å². The molecular formula is C20H22FN3O2S. The lowest BCUT2D eigenvalue weighted by Gasteiger charge is -2.26. The van der Waals surface area contributed by atoms with Crippen molar-refractivity contribution in [1.82, 2.24) is 9.55 Å². The SMILES string of the molecule is Cc1cc2c(cc1F)cc(-c1ccc(S(N)(=O)=O)cn1)n2C1CCCCC1. The predicted molar refractivity (Wildman–Crippen MR) is 103 cm³/mol. The molecule has 0 spiro atoms. The predicted octanol–water partition coefficient (Wildman–Crippen LogP) is 4.30. The first kappa shape index (κ1) is 18.1. The minimum Gasteiger partial charge on any atom is -0.336 e. The first-order chi connectivity index (χ1) is 12.8. The van der Waals surface area contributed by atoms with Crippen LogP contribution in [0, 0.1) is 12.7 Å². The van der Waals surface area contributed by atoms with Crippen molar-refractivity contribution in [2.24, 2.45) is 5.14 Å². The molecule has 1 saturated carbocycles. The van der Waals surface area contributed by atoms with E-state index in [-0.39, 0.29) is 10.7 Å². The number of nitrogens with zero attached hydrogens (tertiary/aromatic N) is 2. The van der Waals surface area contributed by atoms with Crippen molar-refractivity contribution in [1.29, 1.82) is 0 Å². The molecule has 0 bridgehead atoms. The number of benzene rings is 1. The van der Waals surface area contributed by atoms with E-state index in [0.717, 1.165) is 29.4 Å². The maximum Gasteiger partial charge on any atom is 0.239 e. The third-order valence-corrected chi connectivity index (χ3v) is 6.28. The molecule has 7 heteroatoms. The molecule has 1 aliphatic rings. The van der Waals surface area contributed by atoms with Crippen molar-refractivity contribution < 1.29 is 12.8 Å². The third kappa shape index (κ3) is 3.37. The van der Waals surface area contributed by atoms with Gasteiger partial charge >= 0.3 is 0 Å². The first-order valence-electron chi connectivity index (χ1n) is 9.15. The first-order valence-corrected chi connectivity index (χ1v) is 10.7. The summed E-state index contributed by atoms with van der Waals surface area (Å²) in [5.41, 5.74) is 3.14. The highest BCUT2D eigenvalue weighted by molar-refractivity contribution is 7.89. The molecule has 0 amide bonds. The zero-order chi connectivity index (χ0) is 19.2. The van der Waals surface area contributed by atoms with E-state index in [4.69, 9.17) is 5.14 Å². The second-order valence-corrected chi connectivity index (χ2v) is 8.84. The second kappa shape index (κ2) is 6.73. The highest BCUT2D eigenvalue weighted by Gasteiger charge is 2.22. The number of primary sulfonamides is 1. The maximum absolute atomic E-state index is 14.1. The van der Waals surface area contributed by atoms with E-state index >= 15 is 0 Å². The Morgan fingerprint density at radius 1 is 1.15 bits per heavy atom. The lowest BCUT2D eigenvalue weighted by Crippen LogP contribution is -2.14. The van der Waals surface area contributed by atoms with Gasteiger partial charge in [-0.15, -0.1) is 0 Å². The van der Waals surface area contributed by atoms with E-state index in [1.54, 1.807) is 19.1 Å². The molecule has 3 aromatic rings. The lowest BCUT2D eigenvalue weighted by atomic mass is 9.95. The van der Waals surface area contributed by atoms with E-state index < -0.39 is 10.0 Å². The van der Waals surface area contributed by atoms with Crippen molar-refractivity contribution in [3.05, 3.63) is 47.9 Å². The van der Waals surface area contributed by atoms with E-state index in [1.807, 2.05) is 12.1 Å². The molecule has 0 unspecified atom stereocenters. The van der Waals surface area contributed by atoms with Crippen LogP contribution in [-0.4, -0.2) is 18.0 Å². The average Bonchev–Trinajstić information content (AvgIpc) is 3.00. The Morgan fingerprint density at radius 3 is 2.52 bits per heavy atom. The number of halogens is 1. The van der Waals surface area contributed by atoms with Gasteiger partial charge in [0.15, 0.2) is 0 Å². The number of rotatable bonds is 3. The molecule has 27 heavy (non-hydrogen) atoms. The molecule has 1 aliphatic carbocycles. The summed E-state index contributed by atoms with van der Waals surface area (Å²) in [4.78, 5) is 4.32. The Balaban J connectivity index is 1.90. The quantitative estimate of drug-likeness (QED) is 0.728. The van der Waals surface area contributed by atoms with Crippen molar-refractivity contribution in [2.75, 3.05) is 0 Å². The summed E-state index contributed by atoms with van der Waals surface area (Å²) in [6, 6.07) is 8.85. The molecule has 5 nitrogen and oxygen atoms in total. The number of aromatic nitrogens is 2. The molecule has 2 heterocycles. The van der Waals surface area contributed by atoms with Gasteiger partial charge in [-0.05, 0) is 55.7 Å². The third-order valence-electron chi connectivity index (χ3n) is 5.39. The zero-order valence-electron chi connectivity index (χ0n) is 15.2. The van der Waals surface area contributed by atoms with Gasteiger partial charge in [-0.1, -0.05) is 19.3 Å². The Bertz CT molecular complexity index is 1100. The molecular weight excluding hydrogens is 365 g/mol. The summed E-state index contributed by atoms with van der Waals surface area (Å²) in [6.07, 6.45) is 6.99. The molecule has 0 saturated heterocycles. The minimum absolute atomic E-state index is 0.0199. The second-order valence-electron chi connectivity index (χ2n) is 7.28. The van der Waals surface area contributed by atoms with Crippen LogP contribution in [-0.2, 0) is 10.0 Å². The van der Waals surface area contributed by atoms with Gasteiger partial charge in [-0.25, -0.2) is 17.9 Å². The monoisotopic (exact) mass is 387 g/mol. The molecule has 4 rings (SSSR count). The minimum atomic E-state index is -3.79. The number of nitrogens with two attached hydrogens (primary N) is 1. The van der Waals surface area contributed by atoms with Crippen LogP contribution < -0.4 is 5.14 Å². The largest absolute Gasteiger partial charge is 0.336 e. The van der Waals surface area contributed by atoms with E-state index in [1.165, 1.54) is 31.5 Å². The van der Waals surface area contributed by atoms with Crippen LogP contribution >= 0.6 is 0 Å². The summed E-state index contributed by atoms with van der Waals surface area (Å²) in [5, 5.41) is 6.00. The van der Waals surface area contributed by atoms with Crippen LogP contribution in [0.1, 0.15) is 43.7 Å². The van der Waals surface area contributed by atoms with Gasteiger partial charge in [-0.2, -0.15) is 0 Å². The summed E-state index contributed by atoms with van der Waals surface area (Å²) >= 11 is 0. The van der Waals surface area contributed by atoms with E-state index in [0.29, 0.717) is 17.3 Å². The summed E-state index contributed by atoms with van der Waals surface area (Å²) < 4.78 is 39.4. The van der Waals surface area contributed by atoms with Crippen LogP contribution in [0.5, 0.6) is 0 Å². The van der Waals surface area contributed by atoms with E-state index in [9.17, 15) is 12.8 Å². The zero-order valence-corrected chi connectivity index (χ0v) is 16.0. The van der Waals surface area contributed by atoms with Gasteiger partial charge in [0.2, 0.25) is 10.0 Å². The van der Waals surface area contributed by atoms with Crippen LogP contribution in [0.4, 0.5) is 4.39 Å². The summed E-state index contributed by atoms with van der Waals surface area (Å²) in [5.74, 6) is -0.229. The fourth-order valence-corrected chi connectivity index (χ4v) is 4.44. The highest BCUT2D eigenvalue weighted by Crippen LogP contribution is 2.37. The lowest BCUT2D eigenvalue weighted by molar-refractivity contribution is 0.363. The molecule has 1 aromatic carbocycles. The Morgan fingerprint density at radius 2 is 1.89 bits per heavy atom. The molecule has 0 atom stereocenters. The number of fused-ring (bicyclic) bond motifs is 1. The van der Waals surface area contributed by atoms with Gasteiger partial charge in [0.25, 0.3) is 0 Å². The van der Waals surface area contributed by atoms with Gasteiger partial charge in [0, 0.05) is 23.1 Å². The van der Waals surface area contributed by atoms with Crippen molar-refractivity contribution >= 4 is 20.9 Å². The summed E-state index contributed by atoms with van der Waals surface area (Å²) in [7, 11) is -3.79. The van der Waals surface area contributed by atoms with Gasteiger partial charge in [0.05, 0.1) is 11.4 Å². The van der Waals surface area contributed by atoms with Crippen LogP contribution in [0.25, 0.3) is 22.3 Å². The summed E-state index contributed by atoms with van der Waals surface area (Å²) in [6.45, 7) is 1.77. The Kier molecular flexibility index (Phi) is 4.52. The standard InChI is InChI=1S/C20H22FN3O2S/c1-13-9-19-14(10-17(13)21)11-20(24(19)15-5-3-2-4-6-15)18-8-7-16(12-23-18)27(22,25)26/h7-12,15H,2-6H2,1H3,(H2,22,25,26). The van der Waals surface area contributed by atoms with Crippen molar-refractivity contribution in [2.45, 2.75) is 50.0 Å². The van der Waals surface area contributed by atoms with Gasteiger partial charge in [0.1, 0.15) is 10.7 Å². The van der Waals surface area contributed by atoms with Gasteiger partial charge < -0.3 is 4.57 Å². The van der Waals surface area contributed by atoms with Crippen molar-refractivity contribution in [3.8, 4) is 11.4 Å². The highest BCUT2D eigenvalue weighted by atomic mass is 32.2. The number of hydrogen-bond donors (Lipinski definition) is 1. The van der Waals surface area contributed by atoms with E-state index in [2.05, 4.69) is 9.55 Å². The van der Waals surface area contributed by atoms with Crippen LogP contribution in [0.2, 0.25) is 0 Å². The molecule has 2 aromatic heterocycles. The number of aryl methyl sites for hydroxylation is 1. The average molecular weight is 387 g/mol. The Labute approximate surface area is 158 Å². The molecule has 142 valence electrons. The number of sulfonamides is 1. The van der Waals surface area contributed by atoms with Crippen molar-refractivity contribution in [3.63, 3.8) is 0 Å². The fraction of sp³-hybridized carbons (Fsp3) is 0.350. The number of pyridine rings is 1. The van der Waals surface area contributed by atoms with Crippen LogP contribution in [0.3, 0.4) is 0 Å². The normalized spacial score (nSPS) is 16.1. The molecule has 0 radical (unpaired) electrons. The fourth-order valence-electron chi connectivity index (χ4n) is 3.98. The molecule has 2 N–H and O–H groups in total. The van der Waals surface area contributed by atoms with Crippen LogP contribution in [0.15, 0.2) is 41.4 Å². The molecule has 1 fully saturated rings. The maximum atomic E-state index is 14.1. The number of hydrogen-bond acceptors (Lipinski definition) is 3.